The fourth-order valence-corrected chi connectivity index (χ4v) is 1.85. The van der Waals surface area contributed by atoms with E-state index in [9.17, 15) is 4.79 Å². The maximum absolute atomic E-state index is 11.8. The van der Waals surface area contributed by atoms with Crippen molar-refractivity contribution in [1.29, 1.82) is 0 Å². The SMILES string of the molecule is CCC(CC)C(=O)NCc1cc(C)oc1C. The molecular formula is C13H21NO2. The third kappa shape index (κ3) is 3.12. The van der Waals surface area contributed by atoms with Gasteiger partial charge in [-0.2, -0.15) is 0 Å². The van der Waals surface area contributed by atoms with Crippen LogP contribution >= 0.6 is 0 Å². The fourth-order valence-electron chi connectivity index (χ4n) is 1.85. The second-order valence-electron chi connectivity index (χ2n) is 4.17. The zero-order valence-corrected chi connectivity index (χ0v) is 10.6. The molecule has 0 atom stereocenters. The maximum Gasteiger partial charge on any atom is 0.223 e. The molecule has 0 fully saturated rings. The Kier molecular flexibility index (Phi) is 4.59. The predicted octanol–water partition coefficient (Wildman–Crippen LogP) is 2.95. The second-order valence-corrected chi connectivity index (χ2v) is 4.17. The molecule has 3 nitrogen and oxygen atoms in total. The molecule has 1 heterocycles. The van der Waals surface area contributed by atoms with Crippen LogP contribution in [0.1, 0.15) is 43.8 Å². The van der Waals surface area contributed by atoms with Crippen molar-refractivity contribution in [2.75, 3.05) is 0 Å². The number of hydrogen-bond donors (Lipinski definition) is 1. The van der Waals surface area contributed by atoms with Gasteiger partial charge in [0.1, 0.15) is 11.5 Å². The van der Waals surface area contributed by atoms with Crippen molar-refractivity contribution in [3.05, 3.63) is 23.2 Å². The Hall–Kier alpha value is -1.25. The Labute approximate surface area is 97.2 Å². The first-order chi connectivity index (χ1) is 7.58. The molecule has 0 aromatic carbocycles. The second kappa shape index (κ2) is 5.73. The molecular weight excluding hydrogens is 202 g/mol. The van der Waals surface area contributed by atoms with Gasteiger partial charge in [0.2, 0.25) is 5.91 Å². The largest absolute Gasteiger partial charge is 0.466 e. The molecule has 16 heavy (non-hydrogen) atoms. The minimum Gasteiger partial charge on any atom is -0.466 e. The number of rotatable bonds is 5. The van der Waals surface area contributed by atoms with Gasteiger partial charge in [-0.25, -0.2) is 0 Å². The molecule has 1 N–H and O–H groups in total. The Balaban J connectivity index is 2.51. The minimum atomic E-state index is 0.133. The Bertz CT molecular complexity index is 351. The molecule has 1 aromatic heterocycles. The van der Waals surface area contributed by atoms with Gasteiger partial charge in [0.25, 0.3) is 0 Å². The summed E-state index contributed by atoms with van der Waals surface area (Å²) in [6, 6.07) is 1.97. The van der Waals surface area contributed by atoms with E-state index in [4.69, 9.17) is 4.42 Å². The van der Waals surface area contributed by atoms with Crippen molar-refractivity contribution in [3.8, 4) is 0 Å². The lowest BCUT2D eigenvalue weighted by atomic mass is 10.0. The Morgan fingerprint density at radius 2 is 2.00 bits per heavy atom. The lowest BCUT2D eigenvalue weighted by Gasteiger charge is -2.12. The first kappa shape index (κ1) is 12.8. The van der Waals surface area contributed by atoms with E-state index in [1.54, 1.807) is 0 Å². The monoisotopic (exact) mass is 223 g/mol. The van der Waals surface area contributed by atoms with Crippen molar-refractivity contribution in [3.63, 3.8) is 0 Å². The fraction of sp³-hybridized carbons (Fsp3) is 0.615. The van der Waals surface area contributed by atoms with Gasteiger partial charge >= 0.3 is 0 Å². The molecule has 3 heteroatoms. The van der Waals surface area contributed by atoms with E-state index in [1.807, 2.05) is 33.8 Å². The van der Waals surface area contributed by atoms with E-state index in [1.165, 1.54) is 0 Å². The normalized spacial score (nSPS) is 10.8. The molecule has 0 bridgehead atoms. The van der Waals surface area contributed by atoms with Crippen LogP contribution in [-0.2, 0) is 11.3 Å². The van der Waals surface area contributed by atoms with Crippen LogP contribution in [0.3, 0.4) is 0 Å². The van der Waals surface area contributed by atoms with E-state index in [2.05, 4.69) is 5.32 Å². The lowest BCUT2D eigenvalue weighted by molar-refractivity contribution is -0.125. The predicted molar refractivity (Wildman–Crippen MR) is 64.1 cm³/mol. The average molecular weight is 223 g/mol. The minimum absolute atomic E-state index is 0.133. The van der Waals surface area contributed by atoms with E-state index < -0.39 is 0 Å². The molecule has 0 saturated heterocycles. The van der Waals surface area contributed by atoms with Crippen molar-refractivity contribution in [2.45, 2.75) is 47.1 Å². The van der Waals surface area contributed by atoms with E-state index in [0.717, 1.165) is 29.9 Å². The van der Waals surface area contributed by atoms with Gasteiger partial charge in [0.15, 0.2) is 0 Å². The Morgan fingerprint density at radius 3 is 2.44 bits per heavy atom. The summed E-state index contributed by atoms with van der Waals surface area (Å²) in [5.74, 6) is 2.06. The number of hydrogen-bond acceptors (Lipinski definition) is 2. The summed E-state index contributed by atoms with van der Waals surface area (Å²) in [5, 5.41) is 2.96. The van der Waals surface area contributed by atoms with Crippen molar-refractivity contribution >= 4 is 5.91 Å². The quantitative estimate of drug-likeness (QED) is 0.834. The van der Waals surface area contributed by atoms with Crippen LogP contribution < -0.4 is 5.32 Å². The third-order valence-electron chi connectivity index (χ3n) is 2.95. The average Bonchev–Trinajstić information content (AvgIpc) is 2.56. The molecule has 0 aliphatic rings. The third-order valence-corrected chi connectivity index (χ3v) is 2.95. The molecule has 0 radical (unpaired) electrons. The highest BCUT2D eigenvalue weighted by atomic mass is 16.3. The lowest BCUT2D eigenvalue weighted by Crippen LogP contribution is -2.29. The van der Waals surface area contributed by atoms with Gasteiger partial charge in [0, 0.05) is 18.0 Å². The summed E-state index contributed by atoms with van der Waals surface area (Å²) in [6.45, 7) is 8.49. The smallest absolute Gasteiger partial charge is 0.223 e. The first-order valence-corrected chi connectivity index (χ1v) is 5.92. The summed E-state index contributed by atoms with van der Waals surface area (Å²) < 4.78 is 5.41. The number of nitrogens with one attached hydrogen (secondary N) is 1. The molecule has 0 aliphatic heterocycles. The van der Waals surface area contributed by atoms with Crippen molar-refractivity contribution < 1.29 is 9.21 Å². The summed E-state index contributed by atoms with van der Waals surface area (Å²) in [5.41, 5.74) is 1.07. The first-order valence-electron chi connectivity index (χ1n) is 5.92. The zero-order chi connectivity index (χ0) is 12.1. The summed E-state index contributed by atoms with van der Waals surface area (Å²) >= 11 is 0. The van der Waals surface area contributed by atoms with Gasteiger partial charge < -0.3 is 9.73 Å². The Morgan fingerprint density at radius 1 is 1.38 bits per heavy atom. The van der Waals surface area contributed by atoms with Crippen molar-refractivity contribution in [1.82, 2.24) is 5.32 Å². The molecule has 0 saturated carbocycles. The van der Waals surface area contributed by atoms with Gasteiger partial charge in [-0.15, -0.1) is 0 Å². The number of aryl methyl sites for hydroxylation is 2. The van der Waals surface area contributed by atoms with E-state index >= 15 is 0 Å². The van der Waals surface area contributed by atoms with Crippen LogP contribution in [0.5, 0.6) is 0 Å². The van der Waals surface area contributed by atoms with Crippen LogP contribution in [0.15, 0.2) is 10.5 Å². The molecule has 90 valence electrons. The molecule has 1 rings (SSSR count). The van der Waals surface area contributed by atoms with Crippen LogP contribution in [0.25, 0.3) is 0 Å². The van der Waals surface area contributed by atoms with Gasteiger partial charge in [-0.3, -0.25) is 4.79 Å². The molecule has 0 spiro atoms. The van der Waals surface area contributed by atoms with Crippen LogP contribution in [0.2, 0.25) is 0 Å². The van der Waals surface area contributed by atoms with Gasteiger partial charge in [0.05, 0.1) is 0 Å². The molecule has 1 amide bonds. The highest BCUT2D eigenvalue weighted by molar-refractivity contribution is 5.78. The number of amides is 1. The molecule has 0 unspecified atom stereocenters. The number of carbonyl (C=O) groups excluding carboxylic acids is 1. The molecule has 1 aromatic rings. The van der Waals surface area contributed by atoms with Gasteiger partial charge in [-0.05, 0) is 32.8 Å². The van der Waals surface area contributed by atoms with Crippen LogP contribution in [0.4, 0.5) is 0 Å². The summed E-state index contributed by atoms with van der Waals surface area (Å²) in [7, 11) is 0. The zero-order valence-electron chi connectivity index (χ0n) is 10.6. The summed E-state index contributed by atoms with van der Waals surface area (Å²) in [4.78, 5) is 11.8. The summed E-state index contributed by atoms with van der Waals surface area (Å²) in [6.07, 6.45) is 1.79. The number of furan rings is 1. The topological polar surface area (TPSA) is 42.2 Å². The standard InChI is InChI=1S/C13H21NO2/c1-5-11(6-2)13(15)14-8-12-7-9(3)16-10(12)4/h7,11H,5-6,8H2,1-4H3,(H,14,15). The van der Waals surface area contributed by atoms with E-state index in [0.29, 0.717) is 6.54 Å². The number of carbonyl (C=O) groups is 1. The van der Waals surface area contributed by atoms with Crippen LogP contribution in [-0.4, -0.2) is 5.91 Å². The van der Waals surface area contributed by atoms with E-state index in [-0.39, 0.29) is 11.8 Å². The highest BCUT2D eigenvalue weighted by Crippen LogP contribution is 2.14. The molecule has 0 aliphatic carbocycles. The van der Waals surface area contributed by atoms with Gasteiger partial charge in [-0.1, -0.05) is 13.8 Å². The highest BCUT2D eigenvalue weighted by Gasteiger charge is 2.14. The van der Waals surface area contributed by atoms with Crippen molar-refractivity contribution in [2.24, 2.45) is 5.92 Å². The maximum atomic E-state index is 11.8. The van der Waals surface area contributed by atoms with Crippen LogP contribution in [0, 0.1) is 19.8 Å².